The molecule has 2 aliphatic rings. The second kappa shape index (κ2) is 6.04. The summed E-state index contributed by atoms with van der Waals surface area (Å²) in [5.41, 5.74) is 1.07. The molecule has 0 saturated carbocycles. The van der Waals surface area contributed by atoms with Gasteiger partial charge in [0.2, 0.25) is 0 Å². The van der Waals surface area contributed by atoms with Crippen LogP contribution in [0.4, 0.5) is 5.69 Å². The molecule has 1 aromatic carbocycles. The van der Waals surface area contributed by atoms with Crippen molar-refractivity contribution < 1.29 is 9.72 Å². The van der Waals surface area contributed by atoms with Crippen LogP contribution in [0.1, 0.15) is 41.6 Å². The molecule has 2 atom stereocenters. The molecule has 22 heavy (non-hydrogen) atoms. The number of hydrogen-bond donors (Lipinski definition) is 1. The van der Waals surface area contributed by atoms with Gasteiger partial charge in [0.05, 0.1) is 4.92 Å². The van der Waals surface area contributed by atoms with Gasteiger partial charge in [0, 0.05) is 35.8 Å². The maximum absolute atomic E-state index is 12.4. The van der Waals surface area contributed by atoms with Crippen molar-refractivity contribution in [2.24, 2.45) is 0 Å². The van der Waals surface area contributed by atoms with Crippen molar-refractivity contribution in [3.8, 4) is 0 Å². The first-order valence-electron chi connectivity index (χ1n) is 7.86. The van der Waals surface area contributed by atoms with E-state index < -0.39 is 4.92 Å². The average Bonchev–Trinajstić information content (AvgIpc) is 2.90. The summed E-state index contributed by atoms with van der Waals surface area (Å²) < 4.78 is 0. The van der Waals surface area contributed by atoms with E-state index in [0.717, 1.165) is 25.9 Å². The molecule has 6 nitrogen and oxygen atoms in total. The molecule has 2 aliphatic heterocycles. The summed E-state index contributed by atoms with van der Waals surface area (Å²) in [4.78, 5) is 25.3. The number of carbonyl (C=O) groups is 1. The van der Waals surface area contributed by atoms with Crippen molar-refractivity contribution in [1.29, 1.82) is 0 Å². The molecule has 6 heteroatoms. The number of nitro groups is 1. The molecule has 0 aliphatic carbocycles. The van der Waals surface area contributed by atoms with Crippen molar-refractivity contribution in [2.45, 2.75) is 44.7 Å². The Labute approximate surface area is 129 Å². The third kappa shape index (κ3) is 2.83. The highest BCUT2D eigenvalue weighted by Crippen LogP contribution is 2.27. The van der Waals surface area contributed by atoms with E-state index in [2.05, 4.69) is 10.2 Å². The lowest BCUT2D eigenvalue weighted by atomic mass is 9.98. The Morgan fingerprint density at radius 1 is 1.32 bits per heavy atom. The summed E-state index contributed by atoms with van der Waals surface area (Å²) in [7, 11) is 0. The third-order valence-corrected chi connectivity index (χ3v) is 4.83. The van der Waals surface area contributed by atoms with Crippen molar-refractivity contribution in [3.63, 3.8) is 0 Å². The lowest BCUT2D eigenvalue weighted by molar-refractivity contribution is -0.385. The number of carbonyl (C=O) groups excluding carboxylic acids is 1. The summed E-state index contributed by atoms with van der Waals surface area (Å²) in [6.45, 7) is 3.84. The second-order valence-electron chi connectivity index (χ2n) is 6.23. The number of fused-ring (bicyclic) bond motifs is 1. The minimum absolute atomic E-state index is 0.0517. The molecular formula is C16H21N3O3. The highest BCUT2D eigenvalue weighted by molar-refractivity contribution is 5.95. The minimum atomic E-state index is -0.423. The average molecular weight is 303 g/mol. The van der Waals surface area contributed by atoms with Crippen LogP contribution in [0.3, 0.4) is 0 Å². The summed E-state index contributed by atoms with van der Waals surface area (Å²) in [5.74, 6) is -0.129. The molecule has 0 spiro atoms. The molecule has 0 unspecified atom stereocenters. The zero-order valence-corrected chi connectivity index (χ0v) is 12.7. The normalized spacial score (nSPS) is 24.8. The van der Waals surface area contributed by atoms with Crippen LogP contribution < -0.4 is 5.32 Å². The summed E-state index contributed by atoms with van der Waals surface area (Å²) in [5, 5.41) is 14.0. The summed E-state index contributed by atoms with van der Waals surface area (Å²) >= 11 is 0. The predicted octanol–water partition coefficient (Wildman–Crippen LogP) is 2.26. The fourth-order valence-corrected chi connectivity index (χ4v) is 3.67. The number of hydrogen-bond acceptors (Lipinski definition) is 4. The lowest BCUT2D eigenvalue weighted by Gasteiger charge is -2.32. The van der Waals surface area contributed by atoms with Crippen LogP contribution in [0.5, 0.6) is 0 Å². The quantitative estimate of drug-likeness (QED) is 0.686. The van der Waals surface area contributed by atoms with E-state index in [4.69, 9.17) is 0 Å². The molecule has 1 amide bonds. The SMILES string of the molecule is Cc1cc(C(=O)N[C@@H]2CCN3CCCC[C@@H]23)ccc1[N+](=O)[O-]. The number of nitro benzene ring substituents is 1. The standard InChI is InChI=1S/C16H21N3O3/c1-11-10-12(5-6-14(11)19(21)22)16(20)17-13-7-9-18-8-3-2-4-15(13)18/h5-6,10,13,15H,2-4,7-9H2,1H3,(H,17,20)/t13-,15+/m1/s1. The minimum Gasteiger partial charge on any atom is -0.348 e. The zero-order chi connectivity index (χ0) is 15.7. The molecule has 2 saturated heterocycles. The second-order valence-corrected chi connectivity index (χ2v) is 6.23. The Kier molecular flexibility index (Phi) is 4.11. The number of nitrogens with zero attached hydrogens (tertiary/aromatic N) is 2. The van der Waals surface area contributed by atoms with E-state index in [-0.39, 0.29) is 17.6 Å². The van der Waals surface area contributed by atoms with Crippen LogP contribution in [0.15, 0.2) is 18.2 Å². The van der Waals surface area contributed by atoms with Gasteiger partial charge in [0.1, 0.15) is 0 Å². The third-order valence-electron chi connectivity index (χ3n) is 4.83. The van der Waals surface area contributed by atoms with Crippen molar-refractivity contribution in [1.82, 2.24) is 10.2 Å². The van der Waals surface area contributed by atoms with Gasteiger partial charge in [0.25, 0.3) is 11.6 Å². The lowest BCUT2D eigenvalue weighted by Crippen LogP contribution is -2.46. The van der Waals surface area contributed by atoms with E-state index in [0.29, 0.717) is 17.2 Å². The van der Waals surface area contributed by atoms with Crippen molar-refractivity contribution in [2.75, 3.05) is 13.1 Å². The Morgan fingerprint density at radius 3 is 2.86 bits per heavy atom. The van der Waals surface area contributed by atoms with Crippen LogP contribution in [-0.4, -0.2) is 40.9 Å². The molecule has 118 valence electrons. The van der Waals surface area contributed by atoms with Crippen molar-refractivity contribution >= 4 is 11.6 Å². The van der Waals surface area contributed by atoms with E-state index in [9.17, 15) is 14.9 Å². The van der Waals surface area contributed by atoms with Crippen LogP contribution in [0.2, 0.25) is 0 Å². The maximum Gasteiger partial charge on any atom is 0.272 e. The Bertz CT molecular complexity index is 602. The first-order chi connectivity index (χ1) is 10.6. The molecular weight excluding hydrogens is 282 g/mol. The van der Waals surface area contributed by atoms with E-state index in [1.54, 1.807) is 13.0 Å². The van der Waals surface area contributed by atoms with Gasteiger partial charge in [-0.3, -0.25) is 19.8 Å². The summed E-state index contributed by atoms with van der Waals surface area (Å²) in [6, 6.07) is 5.20. The number of amides is 1. The Hall–Kier alpha value is -1.95. The topological polar surface area (TPSA) is 75.5 Å². The largest absolute Gasteiger partial charge is 0.348 e. The fourth-order valence-electron chi connectivity index (χ4n) is 3.67. The molecule has 0 aromatic heterocycles. The predicted molar refractivity (Wildman–Crippen MR) is 82.9 cm³/mol. The van der Waals surface area contributed by atoms with E-state index >= 15 is 0 Å². The van der Waals surface area contributed by atoms with E-state index in [1.165, 1.54) is 25.0 Å². The van der Waals surface area contributed by atoms with Gasteiger partial charge in [-0.25, -0.2) is 0 Å². The molecule has 3 rings (SSSR count). The fraction of sp³-hybridized carbons (Fsp3) is 0.562. The highest BCUT2D eigenvalue weighted by atomic mass is 16.6. The molecule has 1 N–H and O–H groups in total. The van der Waals surface area contributed by atoms with Gasteiger partial charge in [-0.05, 0) is 44.9 Å². The number of nitrogens with one attached hydrogen (secondary N) is 1. The number of benzene rings is 1. The molecule has 2 fully saturated rings. The Morgan fingerprint density at radius 2 is 2.14 bits per heavy atom. The smallest absolute Gasteiger partial charge is 0.272 e. The zero-order valence-electron chi connectivity index (χ0n) is 12.7. The highest BCUT2D eigenvalue weighted by Gasteiger charge is 2.36. The van der Waals surface area contributed by atoms with Gasteiger partial charge in [-0.2, -0.15) is 0 Å². The van der Waals surface area contributed by atoms with Crippen LogP contribution >= 0.6 is 0 Å². The number of rotatable bonds is 3. The first-order valence-corrected chi connectivity index (χ1v) is 7.86. The first kappa shape index (κ1) is 15.0. The molecule has 0 bridgehead atoms. The van der Waals surface area contributed by atoms with Gasteiger partial charge >= 0.3 is 0 Å². The van der Waals surface area contributed by atoms with Crippen LogP contribution in [0.25, 0.3) is 0 Å². The molecule has 1 aromatic rings. The molecule has 2 heterocycles. The number of aryl methyl sites for hydroxylation is 1. The van der Waals surface area contributed by atoms with Gasteiger partial charge in [0.15, 0.2) is 0 Å². The summed E-state index contributed by atoms with van der Waals surface area (Å²) in [6.07, 6.45) is 4.61. The van der Waals surface area contributed by atoms with Crippen LogP contribution in [0, 0.1) is 17.0 Å². The van der Waals surface area contributed by atoms with E-state index in [1.807, 2.05) is 0 Å². The maximum atomic E-state index is 12.4. The molecule has 0 radical (unpaired) electrons. The number of piperidine rings is 1. The van der Waals surface area contributed by atoms with Crippen molar-refractivity contribution in [3.05, 3.63) is 39.4 Å². The van der Waals surface area contributed by atoms with Crippen LogP contribution in [-0.2, 0) is 0 Å². The van der Waals surface area contributed by atoms with Gasteiger partial charge < -0.3 is 5.32 Å². The monoisotopic (exact) mass is 303 g/mol. The Balaban J connectivity index is 1.69. The van der Waals surface area contributed by atoms with Gasteiger partial charge in [-0.1, -0.05) is 6.42 Å². The van der Waals surface area contributed by atoms with Gasteiger partial charge in [-0.15, -0.1) is 0 Å².